The lowest BCUT2D eigenvalue weighted by Crippen LogP contribution is -2.28. The van der Waals surface area contributed by atoms with E-state index in [0.717, 1.165) is 25.2 Å². The van der Waals surface area contributed by atoms with Crippen LogP contribution in [0.1, 0.15) is 17.5 Å². The molecule has 1 aliphatic heterocycles. The van der Waals surface area contributed by atoms with Gasteiger partial charge in [-0.05, 0) is 35.2 Å². The van der Waals surface area contributed by atoms with Gasteiger partial charge in [-0.25, -0.2) is 8.78 Å². The molecule has 0 aromatic heterocycles. The minimum absolute atomic E-state index is 0.0220. The van der Waals surface area contributed by atoms with E-state index in [2.05, 4.69) is 27.1 Å². The molecule has 122 valence electrons. The molecule has 0 unspecified atom stereocenters. The number of nitrogens with zero attached hydrogens (tertiary/aromatic N) is 4. The number of rotatable bonds is 4. The van der Waals surface area contributed by atoms with Gasteiger partial charge in [-0.2, -0.15) is 0 Å². The molecule has 0 radical (unpaired) electrons. The summed E-state index contributed by atoms with van der Waals surface area (Å²) in [6.45, 7) is 2.18. The van der Waals surface area contributed by atoms with E-state index in [9.17, 15) is 8.78 Å². The largest absolute Gasteiger partial charge is 0.295 e. The standard InChI is InChI=1S/C18H16F2N4/c19-16-10-15(22-23-21)11-17(20)18(16)14-6-8-24(9-7-14)12-13-4-2-1-3-5-13/h1-6,10-11H,7-9,12H2. The Morgan fingerprint density at radius 1 is 1.12 bits per heavy atom. The molecule has 0 saturated carbocycles. The lowest BCUT2D eigenvalue weighted by molar-refractivity contribution is 0.293. The van der Waals surface area contributed by atoms with Crippen LogP contribution >= 0.6 is 0 Å². The zero-order valence-corrected chi connectivity index (χ0v) is 13.0. The Kier molecular flexibility index (Phi) is 4.89. The number of hydrogen-bond acceptors (Lipinski definition) is 2. The molecular formula is C18H16F2N4. The van der Waals surface area contributed by atoms with Gasteiger partial charge in [0.1, 0.15) is 11.6 Å². The highest BCUT2D eigenvalue weighted by molar-refractivity contribution is 5.69. The van der Waals surface area contributed by atoms with Gasteiger partial charge >= 0.3 is 0 Å². The van der Waals surface area contributed by atoms with Crippen LogP contribution < -0.4 is 0 Å². The molecule has 0 atom stereocenters. The van der Waals surface area contributed by atoms with Crippen LogP contribution in [-0.2, 0) is 6.54 Å². The topological polar surface area (TPSA) is 52.0 Å². The lowest BCUT2D eigenvalue weighted by Gasteiger charge is -2.26. The Balaban J connectivity index is 1.76. The monoisotopic (exact) mass is 326 g/mol. The quantitative estimate of drug-likeness (QED) is 0.433. The summed E-state index contributed by atoms with van der Waals surface area (Å²) in [7, 11) is 0. The van der Waals surface area contributed by atoms with Crippen molar-refractivity contribution >= 4 is 11.3 Å². The Morgan fingerprint density at radius 2 is 1.83 bits per heavy atom. The predicted octanol–water partition coefficient (Wildman–Crippen LogP) is 5.20. The normalized spacial score (nSPS) is 14.8. The van der Waals surface area contributed by atoms with Gasteiger partial charge in [0.2, 0.25) is 0 Å². The first kappa shape index (κ1) is 16.2. The van der Waals surface area contributed by atoms with E-state index in [0.29, 0.717) is 18.5 Å². The molecule has 0 bridgehead atoms. The van der Waals surface area contributed by atoms with E-state index in [1.54, 1.807) is 0 Å². The number of azide groups is 1. The van der Waals surface area contributed by atoms with Crippen molar-refractivity contribution in [3.63, 3.8) is 0 Å². The molecule has 2 aromatic rings. The summed E-state index contributed by atoms with van der Waals surface area (Å²) in [6.07, 6.45) is 2.43. The van der Waals surface area contributed by atoms with E-state index in [1.165, 1.54) is 5.56 Å². The molecule has 2 aromatic carbocycles. The van der Waals surface area contributed by atoms with Crippen molar-refractivity contribution in [3.05, 3.63) is 81.7 Å². The summed E-state index contributed by atoms with van der Waals surface area (Å²) in [5.74, 6) is -1.39. The first-order valence-corrected chi connectivity index (χ1v) is 7.67. The minimum Gasteiger partial charge on any atom is -0.295 e. The van der Waals surface area contributed by atoms with Crippen LogP contribution in [0.3, 0.4) is 0 Å². The third-order valence-electron chi connectivity index (χ3n) is 4.05. The molecule has 1 heterocycles. The molecule has 0 aliphatic carbocycles. The summed E-state index contributed by atoms with van der Waals surface area (Å²) >= 11 is 0. The fraction of sp³-hybridized carbons (Fsp3) is 0.222. The van der Waals surface area contributed by atoms with E-state index in [-0.39, 0.29) is 11.3 Å². The lowest BCUT2D eigenvalue weighted by atomic mass is 9.97. The third kappa shape index (κ3) is 3.62. The van der Waals surface area contributed by atoms with Gasteiger partial charge in [0, 0.05) is 35.8 Å². The number of hydrogen-bond donors (Lipinski definition) is 0. The van der Waals surface area contributed by atoms with Crippen LogP contribution in [0.5, 0.6) is 0 Å². The maximum atomic E-state index is 14.2. The average molecular weight is 326 g/mol. The van der Waals surface area contributed by atoms with Gasteiger partial charge in [0.25, 0.3) is 0 Å². The second kappa shape index (κ2) is 7.25. The summed E-state index contributed by atoms with van der Waals surface area (Å²) in [6, 6.07) is 12.2. The fourth-order valence-electron chi connectivity index (χ4n) is 2.90. The molecule has 0 saturated heterocycles. The molecular weight excluding hydrogens is 310 g/mol. The van der Waals surface area contributed by atoms with Gasteiger partial charge in [0.15, 0.2) is 0 Å². The Morgan fingerprint density at radius 3 is 2.42 bits per heavy atom. The highest BCUT2D eigenvalue weighted by atomic mass is 19.1. The highest BCUT2D eigenvalue weighted by Gasteiger charge is 2.19. The third-order valence-corrected chi connectivity index (χ3v) is 4.05. The van der Waals surface area contributed by atoms with Crippen molar-refractivity contribution in [2.45, 2.75) is 13.0 Å². The number of benzene rings is 2. The highest BCUT2D eigenvalue weighted by Crippen LogP contribution is 2.30. The zero-order valence-electron chi connectivity index (χ0n) is 13.0. The van der Waals surface area contributed by atoms with Crippen molar-refractivity contribution in [2.75, 3.05) is 13.1 Å². The van der Waals surface area contributed by atoms with Crippen LogP contribution in [0, 0.1) is 11.6 Å². The van der Waals surface area contributed by atoms with E-state index in [4.69, 9.17) is 5.53 Å². The maximum Gasteiger partial charge on any atom is 0.134 e. The first-order chi connectivity index (χ1) is 11.7. The molecule has 0 N–H and O–H groups in total. The van der Waals surface area contributed by atoms with Crippen molar-refractivity contribution in [1.29, 1.82) is 0 Å². The van der Waals surface area contributed by atoms with Gasteiger partial charge in [0.05, 0.1) is 0 Å². The Bertz CT molecular complexity index is 788. The van der Waals surface area contributed by atoms with Crippen molar-refractivity contribution in [1.82, 2.24) is 4.90 Å². The molecule has 0 spiro atoms. The van der Waals surface area contributed by atoms with E-state index < -0.39 is 11.6 Å². The van der Waals surface area contributed by atoms with Crippen LogP contribution in [0.25, 0.3) is 16.0 Å². The second-order valence-corrected chi connectivity index (χ2v) is 5.67. The number of halogens is 2. The van der Waals surface area contributed by atoms with Crippen LogP contribution in [0.15, 0.2) is 53.7 Å². The van der Waals surface area contributed by atoms with Crippen molar-refractivity contribution < 1.29 is 8.78 Å². The summed E-state index contributed by atoms with van der Waals surface area (Å²) in [5.41, 5.74) is 10.2. The summed E-state index contributed by atoms with van der Waals surface area (Å²) in [5, 5.41) is 3.25. The van der Waals surface area contributed by atoms with Crippen molar-refractivity contribution in [3.8, 4) is 0 Å². The van der Waals surface area contributed by atoms with Crippen LogP contribution in [0.2, 0.25) is 0 Å². The second-order valence-electron chi connectivity index (χ2n) is 5.67. The molecule has 0 fully saturated rings. The van der Waals surface area contributed by atoms with Gasteiger partial charge in [-0.3, -0.25) is 4.90 Å². The smallest absolute Gasteiger partial charge is 0.134 e. The molecule has 4 nitrogen and oxygen atoms in total. The SMILES string of the molecule is [N-]=[N+]=Nc1cc(F)c(C2=CCN(Cc3ccccc3)CC2)c(F)c1. The summed E-state index contributed by atoms with van der Waals surface area (Å²) in [4.78, 5) is 4.78. The maximum absolute atomic E-state index is 14.2. The van der Waals surface area contributed by atoms with Gasteiger partial charge in [-0.15, -0.1) is 0 Å². The molecule has 1 aliphatic rings. The van der Waals surface area contributed by atoms with Crippen LogP contribution in [-0.4, -0.2) is 18.0 Å². The Hall–Kier alpha value is -2.69. The fourth-order valence-corrected chi connectivity index (χ4v) is 2.90. The summed E-state index contributed by atoms with van der Waals surface area (Å²) < 4.78 is 28.4. The minimum atomic E-state index is -0.694. The molecule has 0 amide bonds. The van der Waals surface area contributed by atoms with Crippen molar-refractivity contribution in [2.24, 2.45) is 5.11 Å². The first-order valence-electron chi connectivity index (χ1n) is 7.67. The molecule has 3 rings (SSSR count). The molecule has 6 heteroatoms. The van der Waals surface area contributed by atoms with E-state index >= 15 is 0 Å². The predicted molar refractivity (Wildman–Crippen MR) is 89.5 cm³/mol. The molecule has 24 heavy (non-hydrogen) atoms. The van der Waals surface area contributed by atoms with Gasteiger partial charge < -0.3 is 0 Å². The van der Waals surface area contributed by atoms with E-state index in [1.807, 2.05) is 24.3 Å². The van der Waals surface area contributed by atoms with Crippen LogP contribution in [0.4, 0.5) is 14.5 Å². The Labute approximate surface area is 138 Å². The average Bonchev–Trinajstić information content (AvgIpc) is 2.57. The zero-order chi connectivity index (χ0) is 16.9. The van der Waals surface area contributed by atoms with Gasteiger partial charge in [-0.1, -0.05) is 41.5 Å².